The summed E-state index contributed by atoms with van der Waals surface area (Å²) < 4.78 is 0. The second kappa shape index (κ2) is 5.27. The number of aromatic carboxylic acids is 1. The van der Waals surface area contributed by atoms with Gasteiger partial charge in [-0.3, -0.25) is 14.5 Å². The molecule has 3 rings (SSSR count). The van der Waals surface area contributed by atoms with Gasteiger partial charge in [-0.15, -0.1) is 0 Å². The van der Waals surface area contributed by atoms with Crippen molar-refractivity contribution in [3.8, 4) is 0 Å². The highest BCUT2D eigenvalue weighted by Gasteiger charge is 2.47. The van der Waals surface area contributed by atoms with Gasteiger partial charge in [0.15, 0.2) is 0 Å². The molecular formula is C15H16N2O4. The lowest BCUT2D eigenvalue weighted by atomic mass is 9.81. The van der Waals surface area contributed by atoms with Gasteiger partial charge in [-0.05, 0) is 24.5 Å². The lowest BCUT2D eigenvalue weighted by molar-refractivity contribution is -0.140. The van der Waals surface area contributed by atoms with E-state index in [1.807, 2.05) is 0 Å². The smallest absolute Gasteiger partial charge is 0.354 e. The topological polar surface area (TPSA) is 87.6 Å². The summed E-state index contributed by atoms with van der Waals surface area (Å²) in [7, 11) is 0. The van der Waals surface area contributed by atoms with Crippen LogP contribution in [0.1, 0.15) is 41.7 Å². The molecule has 6 nitrogen and oxygen atoms in total. The summed E-state index contributed by atoms with van der Waals surface area (Å²) in [5, 5.41) is 8.80. The third-order valence-corrected chi connectivity index (χ3v) is 4.32. The largest absolute Gasteiger partial charge is 0.477 e. The average Bonchev–Trinajstić information content (AvgIpc) is 2.73. The number of nitrogens with zero attached hydrogens (tertiary/aromatic N) is 2. The van der Waals surface area contributed by atoms with Gasteiger partial charge in [0.25, 0.3) is 0 Å². The molecule has 21 heavy (non-hydrogen) atoms. The summed E-state index contributed by atoms with van der Waals surface area (Å²) in [5.41, 5.74) is 0.617. The number of fused-ring (bicyclic) bond motifs is 1. The van der Waals surface area contributed by atoms with E-state index in [1.54, 1.807) is 6.07 Å². The molecule has 1 aliphatic heterocycles. The number of imide groups is 1. The molecule has 1 N–H and O–H groups in total. The van der Waals surface area contributed by atoms with Crippen LogP contribution in [0.25, 0.3) is 0 Å². The number of hydrogen-bond acceptors (Lipinski definition) is 4. The maximum absolute atomic E-state index is 12.3. The Hall–Kier alpha value is -2.24. The first kappa shape index (κ1) is 13.7. The summed E-state index contributed by atoms with van der Waals surface area (Å²) in [6, 6.07) is 2.98. The molecule has 2 heterocycles. The van der Waals surface area contributed by atoms with Gasteiger partial charge in [-0.2, -0.15) is 0 Å². The van der Waals surface area contributed by atoms with E-state index >= 15 is 0 Å². The fourth-order valence-corrected chi connectivity index (χ4v) is 3.21. The Morgan fingerprint density at radius 3 is 2.29 bits per heavy atom. The molecule has 1 aromatic heterocycles. The van der Waals surface area contributed by atoms with Gasteiger partial charge < -0.3 is 5.11 Å². The molecule has 1 saturated heterocycles. The second-order valence-electron chi connectivity index (χ2n) is 5.62. The molecule has 2 aliphatic rings. The molecule has 2 fully saturated rings. The standard InChI is InChI=1S/C15H16N2O4/c18-13-10-3-1-2-4-11(10)14(19)17(13)8-9-5-6-12(15(20)21)16-7-9/h5-7,10-11H,1-4,8H2,(H,20,21). The van der Waals surface area contributed by atoms with Gasteiger partial charge in [0.1, 0.15) is 5.69 Å². The van der Waals surface area contributed by atoms with E-state index in [4.69, 9.17) is 5.11 Å². The first-order valence-electron chi connectivity index (χ1n) is 7.11. The van der Waals surface area contributed by atoms with Crippen molar-refractivity contribution in [3.63, 3.8) is 0 Å². The van der Waals surface area contributed by atoms with E-state index in [2.05, 4.69) is 4.98 Å². The van der Waals surface area contributed by atoms with E-state index in [-0.39, 0.29) is 35.9 Å². The van der Waals surface area contributed by atoms with Crippen molar-refractivity contribution in [1.29, 1.82) is 0 Å². The van der Waals surface area contributed by atoms with Crippen LogP contribution in [0.15, 0.2) is 18.3 Å². The molecule has 0 radical (unpaired) electrons. The van der Waals surface area contributed by atoms with Crippen LogP contribution in [-0.4, -0.2) is 32.8 Å². The molecule has 2 unspecified atom stereocenters. The summed E-state index contributed by atoms with van der Waals surface area (Å²) in [6.07, 6.45) is 5.00. The van der Waals surface area contributed by atoms with E-state index in [0.29, 0.717) is 5.56 Å². The number of carbonyl (C=O) groups excluding carboxylic acids is 2. The van der Waals surface area contributed by atoms with Crippen LogP contribution >= 0.6 is 0 Å². The highest BCUT2D eigenvalue weighted by atomic mass is 16.4. The maximum atomic E-state index is 12.3. The second-order valence-corrected chi connectivity index (χ2v) is 5.62. The van der Waals surface area contributed by atoms with Crippen molar-refractivity contribution < 1.29 is 19.5 Å². The van der Waals surface area contributed by atoms with E-state index in [9.17, 15) is 14.4 Å². The van der Waals surface area contributed by atoms with Gasteiger partial charge in [-0.25, -0.2) is 9.78 Å². The zero-order valence-electron chi connectivity index (χ0n) is 11.5. The van der Waals surface area contributed by atoms with Gasteiger partial charge in [0.05, 0.1) is 18.4 Å². The van der Waals surface area contributed by atoms with Crippen LogP contribution in [-0.2, 0) is 16.1 Å². The van der Waals surface area contributed by atoms with Gasteiger partial charge in [0, 0.05) is 6.20 Å². The zero-order valence-corrected chi connectivity index (χ0v) is 11.5. The number of aromatic nitrogens is 1. The summed E-state index contributed by atoms with van der Waals surface area (Å²) in [4.78, 5) is 40.5. The average molecular weight is 288 g/mol. The molecule has 110 valence electrons. The SMILES string of the molecule is O=C(O)c1ccc(CN2C(=O)C3CCCCC3C2=O)cn1. The Morgan fingerprint density at radius 2 is 1.81 bits per heavy atom. The predicted octanol–water partition coefficient (Wildman–Crippen LogP) is 1.46. The molecular weight excluding hydrogens is 272 g/mol. The number of carboxylic acid groups (broad SMARTS) is 1. The molecule has 2 amide bonds. The number of carboxylic acids is 1. The minimum atomic E-state index is -1.10. The fourth-order valence-electron chi connectivity index (χ4n) is 3.21. The molecule has 2 atom stereocenters. The number of amides is 2. The lowest BCUT2D eigenvalue weighted by Crippen LogP contribution is -2.30. The van der Waals surface area contributed by atoms with Crippen molar-refractivity contribution in [2.24, 2.45) is 11.8 Å². The summed E-state index contributed by atoms with van der Waals surface area (Å²) in [6.45, 7) is 0.178. The third kappa shape index (κ3) is 2.41. The normalized spacial score (nSPS) is 25.0. The monoisotopic (exact) mass is 288 g/mol. The van der Waals surface area contributed by atoms with E-state index in [0.717, 1.165) is 25.7 Å². The first-order chi connectivity index (χ1) is 10.1. The van der Waals surface area contributed by atoms with Crippen molar-refractivity contribution >= 4 is 17.8 Å². The first-order valence-corrected chi connectivity index (χ1v) is 7.11. The molecule has 1 aliphatic carbocycles. The molecule has 6 heteroatoms. The van der Waals surface area contributed by atoms with Crippen LogP contribution in [0.5, 0.6) is 0 Å². The summed E-state index contributed by atoms with van der Waals surface area (Å²) in [5.74, 6) is -1.59. The van der Waals surface area contributed by atoms with Crippen molar-refractivity contribution in [1.82, 2.24) is 9.88 Å². The van der Waals surface area contributed by atoms with E-state index in [1.165, 1.54) is 17.2 Å². The van der Waals surface area contributed by atoms with E-state index < -0.39 is 5.97 Å². The third-order valence-electron chi connectivity index (χ3n) is 4.32. The Bertz CT molecular complexity index is 572. The summed E-state index contributed by atoms with van der Waals surface area (Å²) >= 11 is 0. The Kier molecular flexibility index (Phi) is 3.45. The Morgan fingerprint density at radius 1 is 1.19 bits per heavy atom. The number of pyridine rings is 1. The van der Waals surface area contributed by atoms with Crippen LogP contribution in [0, 0.1) is 11.8 Å². The minimum absolute atomic E-state index is 0.0495. The van der Waals surface area contributed by atoms with Crippen molar-refractivity contribution in [2.45, 2.75) is 32.2 Å². The highest BCUT2D eigenvalue weighted by Crippen LogP contribution is 2.38. The zero-order chi connectivity index (χ0) is 15.0. The van der Waals surface area contributed by atoms with Crippen LogP contribution < -0.4 is 0 Å². The number of rotatable bonds is 3. The van der Waals surface area contributed by atoms with Gasteiger partial charge in [0.2, 0.25) is 11.8 Å². The Balaban J connectivity index is 1.76. The van der Waals surface area contributed by atoms with Gasteiger partial charge in [-0.1, -0.05) is 18.9 Å². The van der Waals surface area contributed by atoms with Crippen LogP contribution in [0.2, 0.25) is 0 Å². The molecule has 1 aromatic rings. The van der Waals surface area contributed by atoms with Crippen molar-refractivity contribution in [2.75, 3.05) is 0 Å². The lowest BCUT2D eigenvalue weighted by Gasteiger charge is -2.19. The molecule has 0 bridgehead atoms. The minimum Gasteiger partial charge on any atom is -0.477 e. The maximum Gasteiger partial charge on any atom is 0.354 e. The number of likely N-dealkylation sites (tertiary alicyclic amines) is 1. The predicted molar refractivity (Wildman–Crippen MR) is 72.2 cm³/mol. The molecule has 0 spiro atoms. The Labute approximate surface area is 121 Å². The van der Waals surface area contributed by atoms with Crippen LogP contribution in [0.3, 0.4) is 0 Å². The fraction of sp³-hybridized carbons (Fsp3) is 0.467. The number of carbonyl (C=O) groups is 3. The van der Waals surface area contributed by atoms with Gasteiger partial charge >= 0.3 is 5.97 Å². The number of hydrogen-bond donors (Lipinski definition) is 1. The quantitative estimate of drug-likeness (QED) is 0.851. The highest BCUT2D eigenvalue weighted by molar-refractivity contribution is 6.05. The van der Waals surface area contributed by atoms with Crippen molar-refractivity contribution in [3.05, 3.63) is 29.6 Å². The molecule has 1 saturated carbocycles. The van der Waals surface area contributed by atoms with Crippen LogP contribution in [0.4, 0.5) is 0 Å². The molecule has 0 aromatic carbocycles.